The van der Waals surface area contributed by atoms with Crippen molar-refractivity contribution in [3.8, 4) is 11.1 Å². The summed E-state index contributed by atoms with van der Waals surface area (Å²) in [7, 11) is 1.27. The topological polar surface area (TPSA) is 31.2 Å². The molecule has 0 N–H and O–H groups in total. The Morgan fingerprint density at radius 2 is 1.81 bits per heavy atom. The fourth-order valence-corrected chi connectivity index (χ4v) is 2.13. The Balaban J connectivity index is 2.47. The number of hydrogen-bond acceptors (Lipinski definition) is 2. The van der Waals surface area contributed by atoms with Crippen molar-refractivity contribution >= 4 is 5.97 Å². The molecule has 0 atom stereocenters. The lowest BCUT2D eigenvalue weighted by atomic mass is 10.0. The number of esters is 1. The van der Waals surface area contributed by atoms with Gasteiger partial charge in [0.2, 0.25) is 0 Å². The molecule has 2 aromatic rings. The van der Waals surface area contributed by atoms with Crippen molar-refractivity contribution in [1.29, 1.82) is 0 Å². The number of rotatable bonds is 3. The summed E-state index contributed by atoms with van der Waals surface area (Å²) in [4.78, 5) is 11.9. The molecule has 1 aromatic carbocycles. The lowest BCUT2D eigenvalue weighted by Crippen LogP contribution is -2.10. The second kappa shape index (κ2) is 5.63. The van der Waals surface area contributed by atoms with E-state index in [1.165, 1.54) is 19.2 Å². The van der Waals surface area contributed by atoms with Crippen LogP contribution in [0.15, 0.2) is 36.5 Å². The summed E-state index contributed by atoms with van der Waals surface area (Å²) >= 11 is 0. The van der Waals surface area contributed by atoms with Gasteiger partial charge in [0, 0.05) is 18.3 Å². The summed E-state index contributed by atoms with van der Waals surface area (Å²) in [6, 6.07) is 6.40. The summed E-state index contributed by atoms with van der Waals surface area (Å²) in [5.74, 6) is -0.517. The predicted molar refractivity (Wildman–Crippen MR) is 71.9 cm³/mol. The third-order valence-electron chi connectivity index (χ3n) is 3.21. The molecule has 112 valence electrons. The zero-order valence-electron chi connectivity index (χ0n) is 11.6. The number of aromatic nitrogens is 1. The number of alkyl halides is 3. The van der Waals surface area contributed by atoms with Gasteiger partial charge < -0.3 is 9.30 Å². The summed E-state index contributed by atoms with van der Waals surface area (Å²) < 4.78 is 44.1. The molecule has 0 fully saturated rings. The number of methoxy groups -OCH3 is 1. The van der Waals surface area contributed by atoms with Crippen molar-refractivity contribution in [2.45, 2.75) is 19.6 Å². The molecule has 0 aliphatic rings. The van der Waals surface area contributed by atoms with Crippen LogP contribution in [0.4, 0.5) is 13.2 Å². The average Bonchev–Trinajstić information content (AvgIpc) is 2.89. The van der Waals surface area contributed by atoms with Crippen LogP contribution in [0.2, 0.25) is 0 Å². The Labute approximate surface area is 120 Å². The molecule has 2 rings (SSSR count). The first-order valence-corrected chi connectivity index (χ1v) is 6.33. The molecule has 1 aromatic heterocycles. The molecule has 0 bridgehead atoms. The Morgan fingerprint density at radius 3 is 2.29 bits per heavy atom. The molecule has 21 heavy (non-hydrogen) atoms. The van der Waals surface area contributed by atoms with Gasteiger partial charge in [-0.1, -0.05) is 12.1 Å². The second-order valence-electron chi connectivity index (χ2n) is 4.43. The van der Waals surface area contributed by atoms with Crippen molar-refractivity contribution in [2.24, 2.45) is 0 Å². The maximum atomic E-state index is 12.6. The lowest BCUT2D eigenvalue weighted by Gasteiger charge is -2.09. The van der Waals surface area contributed by atoms with E-state index in [0.29, 0.717) is 23.4 Å². The maximum Gasteiger partial charge on any atom is 0.416 e. The van der Waals surface area contributed by atoms with Gasteiger partial charge in [0.15, 0.2) is 0 Å². The third kappa shape index (κ3) is 2.94. The summed E-state index contributed by atoms with van der Waals surface area (Å²) in [6.45, 7) is 2.42. The van der Waals surface area contributed by atoms with Crippen LogP contribution in [-0.4, -0.2) is 17.6 Å². The molecule has 0 amide bonds. The van der Waals surface area contributed by atoms with Crippen LogP contribution in [0.5, 0.6) is 0 Å². The molecular weight excluding hydrogens is 283 g/mol. The molecule has 1 heterocycles. The molecule has 0 radical (unpaired) electrons. The van der Waals surface area contributed by atoms with Gasteiger partial charge in [-0.3, -0.25) is 0 Å². The highest BCUT2D eigenvalue weighted by molar-refractivity contribution is 5.95. The van der Waals surface area contributed by atoms with Gasteiger partial charge >= 0.3 is 12.1 Å². The first-order valence-electron chi connectivity index (χ1n) is 6.33. The van der Waals surface area contributed by atoms with E-state index in [1.807, 2.05) is 6.92 Å². The van der Waals surface area contributed by atoms with Crippen molar-refractivity contribution in [3.05, 3.63) is 47.8 Å². The van der Waals surface area contributed by atoms with E-state index in [9.17, 15) is 18.0 Å². The highest BCUT2D eigenvalue weighted by atomic mass is 19.4. The molecule has 0 aliphatic carbocycles. The van der Waals surface area contributed by atoms with Crippen molar-refractivity contribution in [2.75, 3.05) is 7.11 Å². The van der Waals surface area contributed by atoms with Crippen LogP contribution in [0, 0.1) is 0 Å². The Bertz CT molecular complexity index is 642. The van der Waals surface area contributed by atoms with Crippen molar-refractivity contribution in [3.63, 3.8) is 0 Å². The van der Waals surface area contributed by atoms with Crippen LogP contribution >= 0.6 is 0 Å². The van der Waals surface area contributed by atoms with Gasteiger partial charge in [0.1, 0.15) is 5.69 Å². The largest absolute Gasteiger partial charge is 0.464 e. The van der Waals surface area contributed by atoms with Gasteiger partial charge in [-0.15, -0.1) is 0 Å². The van der Waals surface area contributed by atoms with E-state index in [2.05, 4.69) is 0 Å². The quantitative estimate of drug-likeness (QED) is 0.802. The number of benzene rings is 1. The predicted octanol–water partition coefficient (Wildman–Crippen LogP) is 3.98. The summed E-state index contributed by atoms with van der Waals surface area (Å²) in [5.41, 5.74) is 0.702. The number of aryl methyl sites for hydroxylation is 1. The fraction of sp³-hybridized carbons (Fsp3) is 0.267. The number of halogens is 3. The third-order valence-corrected chi connectivity index (χ3v) is 3.21. The normalized spacial score (nSPS) is 11.5. The molecule has 0 unspecified atom stereocenters. The molecule has 6 heteroatoms. The number of ether oxygens (including phenoxy) is 1. The van der Waals surface area contributed by atoms with E-state index in [4.69, 9.17) is 4.74 Å². The number of nitrogens with zero attached hydrogens (tertiary/aromatic N) is 1. The molecular formula is C15H14F3NO2. The molecule has 0 aliphatic heterocycles. The van der Waals surface area contributed by atoms with E-state index < -0.39 is 17.7 Å². The standard InChI is InChI=1S/C15H14F3NO2/c1-3-19-9-8-12(13(19)14(20)21-2)10-4-6-11(7-5-10)15(16,17)18/h4-9H,3H2,1-2H3. The van der Waals surface area contributed by atoms with Crippen LogP contribution in [-0.2, 0) is 17.5 Å². The molecule has 3 nitrogen and oxygen atoms in total. The van der Waals surface area contributed by atoms with Gasteiger partial charge in [-0.2, -0.15) is 13.2 Å². The summed E-state index contributed by atoms with van der Waals surface area (Å²) in [5, 5.41) is 0. The Hall–Kier alpha value is -2.24. The van der Waals surface area contributed by atoms with Crippen molar-refractivity contribution in [1.82, 2.24) is 4.57 Å². The smallest absolute Gasteiger partial charge is 0.416 e. The van der Waals surface area contributed by atoms with Crippen LogP contribution < -0.4 is 0 Å². The van der Waals surface area contributed by atoms with E-state index in [0.717, 1.165) is 12.1 Å². The van der Waals surface area contributed by atoms with Crippen LogP contribution in [0.25, 0.3) is 11.1 Å². The zero-order chi connectivity index (χ0) is 15.6. The minimum atomic E-state index is -4.38. The minimum absolute atomic E-state index is 0.333. The first kappa shape index (κ1) is 15.2. The molecule has 0 spiro atoms. The van der Waals surface area contributed by atoms with Gasteiger partial charge in [-0.25, -0.2) is 4.79 Å². The number of carbonyl (C=O) groups is 1. The van der Waals surface area contributed by atoms with Crippen LogP contribution in [0.3, 0.4) is 0 Å². The molecule has 0 saturated heterocycles. The lowest BCUT2D eigenvalue weighted by molar-refractivity contribution is -0.137. The average molecular weight is 297 g/mol. The van der Waals surface area contributed by atoms with Gasteiger partial charge in [0.25, 0.3) is 0 Å². The van der Waals surface area contributed by atoms with Crippen LogP contribution in [0.1, 0.15) is 23.0 Å². The highest BCUT2D eigenvalue weighted by Gasteiger charge is 2.30. The SMILES string of the molecule is CCn1ccc(-c2ccc(C(F)(F)F)cc2)c1C(=O)OC. The van der Waals surface area contributed by atoms with E-state index in [-0.39, 0.29) is 0 Å². The minimum Gasteiger partial charge on any atom is -0.464 e. The monoisotopic (exact) mass is 297 g/mol. The van der Waals surface area contributed by atoms with Crippen molar-refractivity contribution < 1.29 is 22.7 Å². The number of hydrogen-bond donors (Lipinski definition) is 0. The Kier molecular flexibility index (Phi) is 4.06. The number of carbonyl (C=O) groups excluding carboxylic acids is 1. The highest BCUT2D eigenvalue weighted by Crippen LogP contribution is 2.32. The zero-order valence-corrected chi connectivity index (χ0v) is 11.6. The Morgan fingerprint density at radius 1 is 1.19 bits per heavy atom. The second-order valence-corrected chi connectivity index (χ2v) is 4.43. The summed E-state index contributed by atoms with van der Waals surface area (Å²) in [6.07, 6.45) is -2.67. The van der Waals surface area contributed by atoms with E-state index >= 15 is 0 Å². The van der Waals surface area contributed by atoms with E-state index in [1.54, 1.807) is 16.8 Å². The fourth-order valence-electron chi connectivity index (χ4n) is 2.13. The maximum absolute atomic E-state index is 12.6. The van der Waals surface area contributed by atoms with Gasteiger partial charge in [-0.05, 0) is 30.7 Å². The van der Waals surface area contributed by atoms with Gasteiger partial charge in [0.05, 0.1) is 12.7 Å². The molecule has 0 saturated carbocycles. The first-order chi connectivity index (χ1) is 9.88.